The molecule has 0 aliphatic carbocycles. The van der Waals surface area contributed by atoms with Crippen LogP contribution in [0.5, 0.6) is 0 Å². The van der Waals surface area contributed by atoms with Crippen molar-refractivity contribution in [3.63, 3.8) is 0 Å². The second kappa shape index (κ2) is 6.52. The number of anilines is 1. The van der Waals surface area contributed by atoms with Gasteiger partial charge in [0.25, 0.3) is 0 Å². The summed E-state index contributed by atoms with van der Waals surface area (Å²) in [4.78, 5) is 11.2. The molecule has 2 N–H and O–H groups in total. The molecule has 4 heteroatoms. The van der Waals surface area contributed by atoms with Crippen molar-refractivity contribution >= 4 is 11.6 Å². The van der Waals surface area contributed by atoms with Gasteiger partial charge in [-0.1, -0.05) is 12.1 Å². The van der Waals surface area contributed by atoms with Crippen LogP contribution in [0.4, 0.5) is 5.69 Å². The Hall–Kier alpha value is -1.39. The predicted molar refractivity (Wildman–Crippen MR) is 71.6 cm³/mol. The van der Waals surface area contributed by atoms with Gasteiger partial charge in [0.1, 0.15) is 0 Å². The third kappa shape index (κ3) is 3.55. The quantitative estimate of drug-likeness (QED) is 0.753. The van der Waals surface area contributed by atoms with Crippen LogP contribution in [0.3, 0.4) is 0 Å². The number of aryl methyl sites for hydroxylation is 1. The van der Waals surface area contributed by atoms with Gasteiger partial charge in [0, 0.05) is 18.7 Å². The Morgan fingerprint density at radius 2 is 2.28 bits per heavy atom. The van der Waals surface area contributed by atoms with E-state index in [0.29, 0.717) is 13.0 Å². The number of hydrogen-bond acceptors (Lipinski definition) is 3. The number of nitrogens with one attached hydrogen (secondary N) is 2. The van der Waals surface area contributed by atoms with Crippen LogP contribution in [0.2, 0.25) is 0 Å². The van der Waals surface area contributed by atoms with E-state index in [4.69, 9.17) is 4.74 Å². The van der Waals surface area contributed by atoms with E-state index in [1.54, 1.807) is 0 Å². The van der Waals surface area contributed by atoms with Gasteiger partial charge in [-0.3, -0.25) is 4.79 Å². The molecule has 1 aromatic carbocycles. The van der Waals surface area contributed by atoms with Crippen LogP contribution in [0.1, 0.15) is 24.0 Å². The molecule has 4 nitrogen and oxygen atoms in total. The molecule has 0 unspecified atom stereocenters. The molecule has 2 rings (SSSR count). The van der Waals surface area contributed by atoms with Gasteiger partial charge in [0.2, 0.25) is 5.91 Å². The first-order valence-electron chi connectivity index (χ1n) is 6.43. The normalized spacial score (nSPS) is 14.2. The molecule has 0 bridgehead atoms. The van der Waals surface area contributed by atoms with Crippen LogP contribution in [-0.4, -0.2) is 26.1 Å². The fraction of sp³-hybridized carbons (Fsp3) is 0.500. The molecule has 1 aliphatic rings. The van der Waals surface area contributed by atoms with Crippen molar-refractivity contribution in [2.75, 3.05) is 25.5 Å². The number of hydrogen-bond donors (Lipinski definition) is 2. The van der Waals surface area contributed by atoms with E-state index in [1.165, 1.54) is 11.1 Å². The molecule has 0 spiro atoms. The summed E-state index contributed by atoms with van der Waals surface area (Å²) in [7, 11) is 1.94. The molecule has 0 saturated heterocycles. The van der Waals surface area contributed by atoms with E-state index in [-0.39, 0.29) is 5.91 Å². The summed E-state index contributed by atoms with van der Waals surface area (Å²) in [6, 6.07) is 6.12. The van der Waals surface area contributed by atoms with Crippen molar-refractivity contribution in [1.82, 2.24) is 5.32 Å². The van der Waals surface area contributed by atoms with Crippen molar-refractivity contribution in [2.45, 2.75) is 25.9 Å². The standard InChI is InChI=1S/C14H20N2O2/c1-15-7-2-8-18-10-11-3-5-13-12(9-11)4-6-14(17)16-13/h3,5,9,15H,2,4,6-8,10H2,1H3,(H,16,17). The lowest BCUT2D eigenvalue weighted by Gasteiger charge is -2.17. The summed E-state index contributed by atoms with van der Waals surface area (Å²) in [5.41, 5.74) is 3.34. The van der Waals surface area contributed by atoms with Crippen molar-refractivity contribution in [3.8, 4) is 0 Å². The Morgan fingerprint density at radius 3 is 3.11 bits per heavy atom. The first-order valence-corrected chi connectivity index (χ1v) is 6.43. The largest absolute Gasteiger partial charge is 0.377 e. The maximum absolute atomic E-state index is 11.2. The van der Waals surface area contributed by atoms with Crippen LogP contribution in [-0.2, 0) is 22.6 Å². The highest BCUT2D eigenvalue weighted by Crippen LogP contribution is 2.23. The SMILES string of the molecule is CNCCCOCc1ccc2c(c1)CCC(=O)N2. The number of amides is 1. The minimum absolute atomic E-state index is 0.110. The minimum atomic E-state index is 0.110. The lowest BCUT2D eigenvalue weighted by molar-refractivity contribution is -0.116. The first-order chi connectivity index (χ1) is 8.79. The number of fused-ring (bicyclic) bond motifs is 1. The van der Waals surface area contributed by atoms with E-state index < -0.39 is 0 Å². The molecule has 0 fully saturated rings. The van der Waals surface area contributed by atoms with E-state index in [0.717, 1.165) is 31.7 Å². The van der Waals surface area contributed by atoms with E-state index in [9.17, 15) is 4.79 Å². The number of carbonyl (C=O) groups is 1. The van der Waals surface area contributed by atoms with Crippen molar-refractivity contribution in [2.24, 2.45) is 0 Å². The molecule has 0 aromatic heterocycles. The van der Waals surface area contributed by atoms with Gasteiger partial charge in [-0.15, -0.1) is 0 Å². The van der Waals surface area contributed by atoms with Gasteiger partial charge >= 0.3 is 0 Å². The maximum Gasteiger partial charge on any atom is 0.224 e. The average molecular weight is 248 g/mol. The number of carbonyl (C=O) groups excluding carboxylic acids is 1. The molecular weight excluding hydrogens is 228 g/mol. The van der Waals surface area contributed by atoms with Gasteiger partial charge in [0.15, 0.2) is 0 Å². The van der Waals surface area contributed by atoms with Crippen LogP contribution in [0.25, 0.3) is 0 Å². The van der Waals surface area contributed by atoms with Gasteiger partial charge in [-0.05, 0) is 43.6 Å². The zero-order chi connectivity index (χ0) is 12.8. The zero-order valence-corrected chi connectivity index (χ0v) is 10.8. The second-order valence-electron chi connectivity index (χ2n) is 4.55. The average Bonchev–Trinajstić information content (AvgIpc) is 2.38. The van der Waals surface area contributed by atoms with E-state index in [1.807, 2.05) is 19.2 Å². The molecule has 1 aromatic rings. The summed E-state index contributed by atoms with van der Waals surface area (Å²) in [5.74, 6) is 0.110. The van der Waals surface area contributed by atoms with E-state index in [2.05, 4.69) is 16.7 Å². The third-order valence-corrected chi connectivity index (χ3v) is 3.05. The highest BCUT2D eigenvalue weighted by molar-refractivity contribution is 5.93. The topological polar surface area (TPSA) is 50.4 Å². The molecule has 0 radical (unpaired) electrons. The van der Waals surface area contributed by atoms with Crippen LogP contribution in [0.15, 0.2) is 18.2 Å². The maximum atomic E-state index is 11.2. The third-order valence-electron chi connectivity index (χ3n) is 3.05. The molecule has 0 atom stereocenters. The molecule has 1 aliphatic heterocycles. The fourth-order valence-corrected chi connectivity index (χ4v) is 2.07. The number of rotatable bonds is 6. The number of ether oxygens (including phenoxy) is 1. The molecule has 1 heterocycles. The molecule has 0 saturated carbocycles. The lowest BCUT2D eigenvalue weighted by Crippen LogP contribution is -2.19. The molecule has 1 amide bonds. The van der Waals surface area contributed by atoms with Gasteiger partial charge < -0.3 is 15.4 Å². The summed E-state index contributed by atoms with van der Waals surface area (Å²) < 4.78 is 5.61. The van der Waals surface area contributed by atoms with Crippen molar-refractivity contribution in [1.29, 1.82) is 0 Å². The molecular formula is C14H20N2O2. The second-order valence-corrected chi connectivity index (χ2v) is 4.55. The highest BCUT2D eigenvalue weighted by Gasteiger charge is 2.14. The van der Waals surface area contributed by atoms with E-state index >= 15 is 0 Å². The summed E-state index contributed by atoms with van der Waals surface area (Å²) in [6.07, 6.45) is 2.44. The molecule has 98 valence electrons. The fourth-order valence-electron chi connectivity index (χ4n) is 2.07. The Bertz CT molecular complexity index is 418. The minimum Gasteiger partial charge on any atom is -0.377 e. The Balaban J connectivity index is 1.85. The lowest BCUT2D eigenvalue weighted by atomic mass is 10.0. The molecule has 18 heavy (non-hydrogen) atoms. The Labute approximate surface area is 108 Å². The van der Waals surface area contributed by atoms with Crippen LogP contribution >= 0.6 is 0 Å². The van der Waals surface area contributed by atoms with Gasteiger partial charge in [0.05, 0.1) is 6.61 Å². The summed E-state index contributed by atoms with van der Waals surface area (Å²) in [6.45, 7) is 2.40. The summed E-state index contributed by atoms with van der Waals surface area (Å²) >= 11 is 0. The van der Waals surface area contributed by atoms with Crippen molar-refractivity contribution in [3.05, 3.63) is 29.3 Å². The first kappa shape index (κ1) is 13.1. The number of benzene rings is 1. The summed E-state index contributed by atoms with van der Waals surface area (Å²) in [5, 5.41) is 5.97. The van der Waals surface area contributed by atoms with Crippen molar-refractivity contribution < 1.29 is 9.53 Å². The zero-order valence-electron chi connectivity index (χ0n) is 10.8. The Morgan fingerprint density at radius 1 is 1.39 bits per heavy atom. The van der Waals surface area contributed by atoms with Crippen LogP contribution in [0, 0.1) is 0 Å². The predicted octanol–water partition coefficient (Wildman–Crippen LogP) is 1.70. The monoisotopic (exact) mass is 248 g/mol. The van der Waals surface area contributed by atoms with Crippen LogP contribution < -0.4 is 10.6 Å². The highest BCUT2D eigenvalue weighted by atomic mass is 16.5. The van der Waals surface area contributed by atoms with Gasteiger partial charge in [-0.25, -0.2) is 0 Å². The Kier molecular flexibility index (Phi) is 4.73. The van der Waals surface area contributed by atoms with Gasteiger partial charge in [-0.2, -0.15) is 0 Å². The smallest absolute Gasteiger partial charge is 0.224 e.